The molecular weight excluding hydrogens is 367 g/mol. The second kappa shape index (κ2) is 7.77. The third-order valence-electron chi connectivity index (χ3n) is 3.52. The molecule has 2 heterocycles. The number of hydrogen-bond acceptors (Lipinski definition) is 5. The second-order valence-corrected chi connectivity index (χ2v) is 6.43. The van der Waals surface area contributed by atoms with E-state index in [4.69, 9.17) is 4.42 Å². The van der Waals surface area contributed by atoms with Crippen LogP contribution in [0.1, 0.15) is 5.76 Å². The van der Waals surface area contributed by atoms with Gasteiger partial charge in [-0.25, -0.2) is 0 Å². The molecule has 0 aliphatic heterocycles. The zero-order valence-electron chi connectivity index (χ0n) is 13.4. The van der Waals surface area contributed by atoms with E-state index in [1.54, 1.807) is 12.3 Å². The molecule has 1 aromatic carbocycles. The van der Waals surface area contributed by atoms with E-state index < -0.39 is 18.6 Å². The fourth-order valence-electron chi connectivity index (χ4n) is 2.37. The van der Waals surface area contributed by atoms with E-state index in [1.165, 1.54) is 12.3 Å². The molecule has 0 saturated heterocycles. The van der Waals surface area contributed by atoms with Crippen molar-refractivity contribution in [3.05, 3.63) is 54.6 Å². The van der Waals surface area contributed by atoms with E-state index in [0.717, 1.165) is 27.4 Å². The number of aromatic nitrogens is 2. The average molecular weight is 381 g/mol. The molecule has 0 spiro atoms. The number of benzene rings is 1. The number of thioether (sulfide) groups is 1. The van der Waals surface area contributed by atoms with Crippen molar-refractivity contribution < 1.29 is 22.4 Å². The smallest absolute Gasteiger partial charge is 0.406 e. The molecule has 1 amide bonds. The van der Waals surface area contributed by atoms with Gasteiger partial charge in [0.1, 0.15) is 17.3 Å². The van der Waals surface area contributed by atoms with Gasteiger partial charge in [0.05, 0.1) is 24.8 Å². The summed E-state index contributed by atoms with van der Waals surface area (Å²) in [6.07, 6.45) is -1.55. The van der Waals surface area contributed by atoms with Crippen molar-refractivity contribution in [3.8, 4) is 0 Å². The summed E-state index contributed by atoms with van der Waals surface area (Å²) < 4.78 is 43.5. The summed E-state index contributed by atoms with van der Waals surface area (Å²) in [6, 6.07) is 10.4. The minimum Gasteiger partial charge on any atom is -0.467 e. The van der Waals surface area contributed by atoms with Crippen molar-refractivity contribution in [1.29, 1.82) is 0 Å². The molecule has 136 valence electrons. The molecule has 5 nitrogen and oxygen atoms in total. The van der Waals surface area contributed by atoms with Crippen LogP contribution in [0.4, 0.5) is 13.2 Å². The Morgan fingerprint density at radius 2 is 2.00 bits per heavy atom. The van der Waals surface area contributed by atoms with Gasteiger partial charge in [-0.1, -0.05) is 36.0 Å². The molecule has 0 atom stereocenters. The predicted octanol–water partition coefficient (Wildman–Crippen LogP) is 3.91. The van der Waals surface area contributed by atoms with E-state index in [0.29, 0.717) is 5.03 Å². The molecule has 9 heteroatoms. The Bertz CT molecular complexity index is 879. The SMILES string of the molecule is O=C(CSc1nncc2ccccc12)N(Cc1ccco1)CC(F)(F)F. The molecule has 3 aromatic rings. The normalized spacial score (nSPS) is 11.7. The van der Waals surface area contributed by atoms with Crippen LogP contribution in [0.5, 0.6) is 0 Å². The highest BCUT2D eigenvalue weighted by Crippen LogP contribution is 2.26. The highest BCUT2D eigenvalue weighted by atomic mass is 32.2. The number of alkyl halides is 3. The van der Waals surface area contributed by atoms with Crippen LogP contribution >= 0.6 is 11.8 Å². The summed E-state index contributed by atoms with van der Waals surface area (Å²) in [5.74, 6) is -0.546. The minimum absolute atomic E-state index is 0.181. The van der Waals surface area contributed by atoms with Crippen LogP contribution in [0.25, 0.3) is 10.8 Å². The fourth-order valence-corrected chi connectivity index (χ4v) is 3.26. The van der Waals surface area contributed by atoms with Crippen molar-refractivity contribution >= 4 is 28.4 Å². The number of halogens is 3. The second-order valence-electron chi connectivity index (χ2n) is 5.47. The van der Waals surface area contributed by atoms with Crippen LogP contribution in [-0.4, -0.2) is 39.5 Å². The molecule has 0 aliphatic carbocycles. The van der Waals surface area contributed by atoms with Gasteiger partial charge in [0.2, 0.25) is 5.91 Å². The lowest BCUT2D eigenvalue weighted by Crippen LogP contribution is -2.39. The standard InChI is InChI=1S/C17H14F3N3O2S/c18-17(19,20)11-23(9-13-5-3-7-25-13)15(24)10-26-16-14-6-2-1-4-12(14)8-21-22-16/h1-8H,9-11H2. The summed E-state index contributed by atoms with van der Waals surface area (Å²) in [7, 11) is 0. The first kappa shape index (κ1) is 18.2. The zero-order chi connectivity index (χ0) is 18.6. The van der Waals surface area contributed by atoms with Crippen LogP contribution in [0.2, 0.25) is 0 Å². The Balaban J connectivity index is 1.72. The van der Waals surface area contributed by atoms with Crippen molar-refractivity contribution in [2.45, 2.75) is 17.7 Å². The first-order valence-corrected chi connectivity index (χ1v) is 8.61. The van der Waals surface area contributed by atoms with Gasteiger partial charge >= 0.3 is 6.18 Å². The summed E-state index contributed by atoms with van der Waals surface area (Å²) in [5.41, 5.74) is 0. The summed E-state index contributed by atoms with van der Waals surface area (Å²) in [6.45, 7) is -1.58. The van der Waals surface area contributed by atoms with Crippen LogP contribution in [0, 0.1) is 0 Å². The third-order valence-corrected chi connectivity index (χ3v) is 4.48. The highest BCUT2D eigenvalue weighted by Gasteiger charge is 2.33. The minimum atomic E-state index is -4.49. The van der Waals surface area contributed by atoms with Crippen LogP contribution < -0.4 is 0 Å². The number of rotatable bonds is 6. The lowest BCUT2D eigenvalue weighted by Gasteiger charge is -2.22. The first-order valence-electron chi connectivity index (χ1n) is 7.62. The fraction of sp³-hybridized carbons (Fsp3) is 0.235. The van der Waals surface area contributed by atoms with E-state index in [-0.39, 0.29) is 18.1 Å². The summed E-state index contributed by atoms with van der Waals surface area (Å²) >= 11 is 1.06. The Morgan fingerprint density at radius 3 is 2.73 bits per heavy atom. The number of furan rings is 1. The number of carbonyl (C=O) groups is 1. The molecule has 3 rings (SSSR count). The molecule has 26 heavy (non-hydrogen) atoms. The largest absolute Gasteiger partial charge is 0.467 e. The molecule has 0 fully saturated rings. The van der Waals surface area contributed by atoms with Gasteiger partial charge in [-0.05, 0) is 12.1 Å². The molecule has 0 saturated carbocycles. The van der Waals surface area contributed by atoms with Gasteiger partial charge in [-0.2, -0.15) is 18.3 Å². The van der Waals surface area contributed by atoms with Crippen molar-refractivity contribution in [2.24, 2.45) is 0 Å². The third kappa shape index (κ3) is 4.75. The molecule has 0 aliphatic rings. The predicted molar refractivity (Wildman–Crippen MR) is 90.4 cm³/mol. The molecule has 0 radical (unpaired) electrons. The van der Waals surface area contributed by atoms with E-state index in [1.807, 2.05) is 24.3 Å². The van der Waals surface area contributed by atoms with Crippen LogP contribution in [-0.2, 0) is 11.3 Å². The van der Waals surface area contributed by atoms with Crippen LogP contribution in [0.15, 0.2) is 58.3 Å². The maximum absolute atomic E-state index is 12.8. The Kier molecular flexibility index (Phi) is 5.46. The molecular formula is C17H14F3N3O2S. The molecule has 0 bridgehead atoms. The maximum Gasteiger partial charge on any atom is 0.406 e. The molecule has 0 unspecified atom stereocenters. The quantitative estimate of drug-likeness (QED) is 0.606. The Morgan fingerprint density at radius 1 is 1.19 bits per heavy atom. The number of amides is 1. The Hall–Kier alpha value is -2.55. The summed E-state index contributed by atoms with van der Waals surface area (Å²) in [4.78, 5) is 13.1. The van der Waals surface area contributed by atoms with Crippen LogP contribution in [0.3, 0.4) is 0 Å². The average Bonchev–Trinajstić information content (AvgIpc) is 3.11. The topological polar surface area (TPSA) is 59.2 Å². The molecule has 2 aromatic heterocycles. The summed E-state index contributed by atoms with van der Waals surface area (Å²) in [5, 5.41) is 10.0. The molecule has 0 N–H and O–H groups in total. The van der Waals surface area contributed by atoms with Gasteiger partial charge < -0.3 is 9.32 Å². The van der Waals surface area contributed by atoms with Gasteiger partial charge in [0.15, 0.2) is 0 Å². The lowest BCUT2D eigenvalue weighted by molar-refractivity contribution is -0.161. The van der Waals surface area contributed by atoms with E-state index in [9.17, 15) is 18.0 Å². The van der Waals surface area contributed by atoms with Crippen molar-refractivity contribution in [2.75, 3.05) is 12.3 Å². The number of nitrogens with zero attached hydrogens (tertiary/aromatic N) is 3. The first-order chi connectivity index (χ1) is 12.4. The van der Waals surface area contributed by atoms with E-state index in [2.05, 4.69) is 10.2 Å². The lowest BCUT2D eigenvalue weighted by atomic mass is 10.2. The zero-order valence-corrected chi connectivity index (χ0v) is 14.3. The number of fused-ring (bicyclic) bond motifs is 1. The monoisotopic (exact) mass is 381 g/mol. The number of carbonyl (C=O) groups excluding carboxylic acids is 1. The number of hydrogen-bond donors (Lipinski definition) is 0. The van der Waals surface area contributed by atoms with E-state index >= 15 is 0 Å². The van der Waals surface area contributed by atoms with Crippen molar-refractivity contribution in [1.82, 2.24) is 15.1 Å². The Labute approximate surface area is 151 Å². The van der Waals surface area contributed by atoms with Crippen molar-refractivity contribution in [3.63, 3.8) is 0 Å². The van der Waals surface area contributed by atoms with Gasteiger partial charge in [-0.15, -0.1) is 5.10 Å². The van der Waals surface area contributed by atoms with Gasteiger partial charge in [0.25, 0.3) is 0 Å². The van der Waals surface area contributed by atoms with Gasteiger partial charge in [0, 0.05) is 10.8 Å². The maximum atomic E-state index is 12.8. The highest BCUT2D eigenvalue weighted by molar-refractivity contribution is 8.00. The van der Waals surface area contributed by atoms with Gasteiger partial charge in [-0.3, -0.25) is 4.79 Å².